The van der Waals surface area contributed by atoms with Crippen LogP contribution in [-0.4, -0.2) is 25.9 Å². The van der Waals surface area contributed by atoms with Crippen LogP contribution in [0.2, 0.25) is 0 Å². The zero-order chi connectivity index (χ0) is 11.3. The van der Waals surface area contributed by atoms with Crippen LogP contribution in [0.25, 0.3) is 0 Å². The van der Waals surface area contributed by atoms with Gasteiger partial charge in [-0.15, -0.1) is 0 Å². The molecule has 0 amide bonds. The maximum absolute atomic E-state index is 10.3. The molecule has 1 aromatic carbocycles. The van der Waals surface area contributed by atoms with Crippen LogP contribution in [0.1, 0.15) is 18.9 Å². The van der Waals surface area contributed by atoms with Gasteiger partial charge in [-0.25, -0.2) is 0 Å². The predicted octanol–water partition coefficient (Wildman–Crippen LogP) is 1.94. The van der Waals surface area contributed by atoms with Crippen LogP contribution >= 0.6 is 0 Å². The first-order valence-corrected chi connectivity index (χ1v) is 4.96. The van der Waals surface area contributed by atoms with Gasteiger partial charge in [0.25, 0.3) is 0 Å². The fraction of sp³-hybridized carbons (Fsp3) is 0.500. The van der Waals surface area contributed by atoms with E-state index in [1.54, 1.807) is 21.1 Å². The summed E-state index contributed by atoms with van der Waals surface area (Å²) < 4.78 is 10.2. The van der Waals surface area contributed by atoms with Crippen molar-refractivity contribution in [2.75, 3.05) is 20.8 Å². The predicted molar refractivity (Wildman–Crippen MR) is 59.1 cm³/mol. The molecule has 0 spiro atoms. The van der Waals surface area contributed by atoms with Gasteiger partial charge in [0.2, 0.25) is 0 Å². The van der Waals surface area contributed by atoms with Gasteiger partial charge in [-0.2, -0.15) is 0 Å². The van der Waals surface area contributed by atoms with Gasteiger partial charge in [-0.05, 0) is 13.0 Å². The number of hydrogen-bond acceptors (Lipinski definition) is 3. The van der Waals surface area contributed by atoms with E-state index in [0.717, 1.165) is 5.56 Å². The van der Waals surface area contributed by atoms with Crippen molar-refractivity contribution in [3.63, 3.8) is 0 Å². The molecule has 0 aliphatic carbocycles. The normalized spacial score (nSPS) is 14.7. The molecule has 84 valence electrons. The van der Waals surface area contributed by atoms with Crippen LogP contribution in [0.15, 0.2) is 24.3 Å². The summed E-state index contributed by atoms with van der Waals surface area (Å²) in [7, 11) is 3.23. The second kappa shape index (κ2) is 5.14. The van der Waals surface area contributed by atoms with Crippen molar-refractivity contribution in [2.24, 2.45) is 0 Å². The van der Waals surface area contributed by atoms with Crippen molar-refractivity contribution in [2.45, 2.75) is 18.9 Å². The molecule has 0 bridgehead atoms. The molecule has 0 radical (unpaired) electrons. The van der Waals surface area contributed by atoms with Gasteiger partial charge in [0.05, 0.1) is 12.7 Å². The fourth-order valence-corrected chi connectivity index (χ4v) is 1.53. The van der Waals surface area contributed by atoms with E-state index in [-0.39, 0.29) is 0 Å². The highest BCUT2D eigenvalue weighted by atomic mass is 16.5. The zero-order valence-corrected chi connectivity index (χ0v) is 9.49. The number of methoxy groups -OCH3 is 2. The van der Waals surface area contributed by atoms with Crippen molar-refractivity contribution in [1.29, 1.82) is 0 Å². The van der Waals surface area contributed by atoms with E-state index in [1.165, 1.54) is 0 Å². The molecular formula is C12H18O3. The van der Waals surface area contributed by atoms with E-state index in [1.807, 2.05) is 24.3 Å². The molecule has 3 nitrogen and oxygen atoms in total. The Bertz CT molecular complexity index is 307. The first kappa shape index (κ1) is 12.0. The van der Waals surface area contributed by atoms with Gasteiger partial charge in [0, 0.05) is 25.7 Å². The summed E-state index contributed by atoms with van der Waals surface area (Å²) in [5, 5.41) is 10.3. The molecule has 0 aromatic heterocycles. The van der Waals surface area contributed by atoms with Crippen LogP contribution in [0.3, 0.4) is 0 Å². The maximum Gasteiger partial charge on any atom is 0.124 e. The fourth-order valence-electron chi connectivity index (χ4n) is 1.53. The van der Waals surface area contributed by atoms with Gasteiger partial charge < -0.3 is 14.6 Å². The van der Waals surface area contributed by atoms with Crippen LogP contribution < -0.4 is 4.74 Å². The second-order valence-electron chi connectivity index (χ2n) is 3.72. The Labute approximate surface area is 90.6 Å². The Hall–Kier alpha value is -1.06. The third-order valence-electron chi connectivity index (χ3n) is 2.48. The Kier molecular flexibility index (Phi) is 4.12. The Balaban J connectivity index is 2.92. The van der Waals surface area contributed by atoms with Gasteiger partial charge in [0.1, 0.15) is 5.75 Å². The third-order valence-corrected chi connectivity index (χ3v) is 2.48. The van der Waals surface area contributed by atoms with E-state index < -0.39 is 5.60 Å². The van der Waals surface area contributed by atoms with E-state index in [9.17, 15) is 5.11 Å². The summed E-state index contributed by atoms with van der Waals surface area (Å²) in [6.45, 7) is 2.29. The highest BCUT2D eigenvalue weighted by Crippen LogP contribution is 2.31. The Morgan fingerprint density at radius 1 is 1.27 bits per heavy atom. The minimum atomic E-state index is -0.914. The van der Waals surface area contributed by atoms with Crippen LogP contribution in [-0.2, 0) is 10.3 Å². The highest BCUT2D eigenvalue weighted by molar-refractivity contribution is 5.37. The standard InChI is InChI=1S/C12H18O3/c1-12(13,8-9-14-2)10-6-4-5-7-11(10)15-3/h4-7,13H,8-9H2,1-3H3. The van der Waals surface area contributed by atoms with Gasteiger partial charge >= 0.3 is 0 Å². The lowest BCUT2D eigenvalue weighted by Gasteiger charge is -2.25. The Morgan fingerprint density at radius 3 is 2.53 bits per heavy atom. The van der Waals surface area contributed by atoms with E-state index in [0.29, 0.717) is 18.8 Å². The average molecular weight is 210 g/mol. The Morgan fingerprint density at radius 2 is 1.93 bits per heavy atom. The summed E-state index contributed by atoms with van der Waals surface area (Å²) in [4.78, 5) is 0. The first-order valence-electron chi connectivity index (χ1n) is 4.96. The lowest BCUT2D eigenvalue weighted by Crippen LogP contribution is -2.23. The lowest BCUT2D eigenvalue weighted by molar-refractivity contribution is 0.0192. The smallest absolute Gasteiger partial charge is 0.124 e. The summed E-state index contributed by atoms with van der Waals surface area (Å²) in [5.41, 5.74) is -0.118. The summed E-state index contributed by atoms with van der Waals surface area (Å²) in [6, 6.07) is 7.49. The minimum absolute atomic E-state index is 0.519. The van der Waals surface area contributed by atoms with Crippen LogP contribution in [0, 0.1) is 0 Å². The number of rotatable bonds is 5. The average Bonchev–Trinajstić information content (AvgIpc) is 2.26. The van der Waals surface area contributed by atoms with E-state index in [2.05, 4.69) is 0 Å². The molecular weight excluding hydrogens is 192 g/mol. The number of benzene rings is 1. The number of hydrogen-bond donors (Lipinski definition) is 1. The molecule has 15 heavy (non-hydrogen) atoms. The molecule has 0 heterocycles. The summed E-state index contributed by atoms with van der Waals surface area (Å²) in [6.07, 6.45) is 0.546. The van der Waals surface area contributed by atoms with Crippen molar-refractivity contribution in [1.82, 2.24) is 0 Å². The zero-order valence-electron chi connectivity index (χ0n) is 9.49. The molecule has 0 aliphatic heterocycles. The van der Waals surface area contributed by atoms with Gasteiger partial charge in [-0.1, -0.05) is 18.2 Å². The maximum atomic E-state index is 10.3. The number of aliphatic hydroxyl groups is 1. The van der Waals surface area contributed by atoms with Crippen molar-refractivity contribution in [3.05, 3.63) is 29.8 Å². The summed E-state index contributed by atoms with van der Waals surface area (Å²) >= 11 is 0. The minimum Gasteiger partial charge on any atom is -0.496 e. The molecule has 1 aromatic rings. The number of para-hydroxylation sites is 1. The van der Waals surface area contributed by atoms with Crippen LogP contribution in [0.4, 0.5) is 0 Å². The van der Waals surface area contributed by atoms with Crippen molar-refractivity contribution < 1.29 is 14.6 Å². The molecule has 0 fully saturated rings. The topological polar surface area (TPSA) is 38.7 Å². The monoisotopic (exact) mass is 210 g/mol. The van der Waals surface area contributed by atoms with Gasteiger partial charge in [0.15, 0.2) is 0 Å². The molecule has 1 N–H and O–H groups in total. The quantitative estimate of drug-likeness (QED) is 0.807. The lowest BCUT2D eigenvalue weighted by atomic mass is 9.92. The molecule has 1 rings (SSSR count). The summed E-state index contributed by atoms with van der Waals surface area (Å²) in [5.74, 6) is 0.707. The van der Waals surface area contributed by atoms with Crippen LogP contribution in [0.5, 0.6) is 5.75 Å². The van der Waals surface area contributed by atoms with E-state index in [4.69, 9.17) is 9.47 Å². The van der Waals surface area contributed by atoms with Crippen molar-refractivity contribution >= 4 is 0 Å². The number of ether oxygens (including phenoxy) is 2. The molecule has 0 aliphatic rings. The first-order chi connectivity index (χ1) is 7.11. The molecule has 3 heteroatoms. The van der Waals surface area contributed by atoms with Crippen molar-refractivity contribution in [3.8, 4) is 5.75 Å². The highest BCUT2D eigenvalue weighted by Gasteiger charge is 2.25. The largest absolute Gasteiger partial charge is 0.496 e. The van der Waals surface area contributed by atoms with E-state index >= 15 is 0 Å². The molecule has 1 unspecified atom stereocenters. The molecule has 1 atom stereocenters. The molecule has 0 saturated carbocycles. The molecule has 0 saturated heterocycles. The van der Waals surface area contributed by atoms with Gasteiger partial charge in [-0.3, -0.25) is 0 Å². The third kappa shape index (κ3) is 2.94. The SMILES string of the molecule is COCCC(C)(O)c1ccccc1OC. The second-order valence-corrected chi connectivity index (χ2v) is 3.72.